The quantitative estimate of drug-likeness (QED) is 0.333. The van der Waals surface area contributed by atoms with Gasteiger partial charge in [0.2, 0.25) is 0 Å². The Balaban J connectivity index is 1.49. The van der Waals surface area contributed by atoms with Crippen LogP contribution in [0.4, 0.5) is 17.1 Å². The van der Waals surface area contributed by atoms with Crippen LogP contribution in [0.5, 0.6) is 5.75 Å². The van der Waals surface area contributed by atoms with Crippen molar-refractivity contribution in [2.45, 2.75) is 20.0 Å². The number of ether oxygens (including phenoxy) is 1. The number of halogens is 3. The first-order valence-electron chi connectivity index (χ1n) is 10.8. The Kier molecular flexibility index (Phi) is 7.54. The Morgan fingerprint density at radius 2 is 1.58 bits per heavy atom. The Morgan fingerprint density at radius 1 is 0.889 bits per heavy atom. The zero-order chi connectivity index (χ0) is 26.0. The highest BCUT2D eigenvalue weighted by molar-refractivity contribution is 6.54. The topological polar surface area (TPSA) is 87.7 Å². The zero-order valence-corrected chi connectivity index (χ0v) is 21.4. The molecule has 4 rings (SSSR count). The van der Waals surface area contributed by atoms with Crippen molar-refractivity contribution in [3.63, 3.8) is 0 Å². The summed E-state index contributed by atoms with van der Waals surface area (Å²) in [7, 11) is 0. The number of rotatable bonds is 7. The molecule has 0 saturated carbocycles. The summed E-state index contributed by atoms with van der Waals surface area (Å²) < 4.78 is 5.74. The molecule has 184 valence electrons. The van der Waals surface area contributed by atoms with E-state index in [1.165, 1.54) is 6.07 Å². The van der Waals surface area contributed by atoms with Gasteiger partial charge in [0.1, 0.15) is 16.5 Å². The molecule has 0 fully saturated rings. The maximum Gasteiger partial charge on any atom is 0.283 e. The van der Waals surface area contributed by atoms with Crippen molar-refractivity contribution in [3.8, 4) is 5.75 Å². The van der Waals surface area contributed by atoms with Crippen LogP contribution in [0.2, 0.25) is 10.0 Å². The Hall–Kier alpha value is -3.52. The molecule has 1 aliphatic heterocycles. The monoisotopic (exact) mass is 543 g/mol. The first-order chi connectivity index (χ1) is 17.2. The predicted molar refractivity (Wildman–Crippen MR) is 142 cm³/mol. The maximum absolute atomic E-state index is 13.0. The van der Waals surface area contributed by atoms with Gasteiger partial charge in [0.05, 0.1) is 27.5 Å². The summed E-state index contributed by atoms with van der Waals surface area (Å²) in [5, 5.41) is 5.65. The van der Waals surface area contributed by atoms with E-state index in [-0.39, 0.29) is 38.5 Å². The number of nitrogens with zero attached hydrogens (tertiary/aromatic N) is 1. The number of anilines is 3. The summed E-state index contributed by atoms with van der Waals surface area (Å²) in [6.07, 6.45) is -0.0504. The van der Waals surface area contributed by atoms with Crippen LogP contribution in [-0.4, -0.2) is 23.8 Å². The Labute approximate surface area is 222 Å². The van der Waals surface area contributed by atoms with Crippen molar-refractivity contribution in [1.29, 1.82) is 0 Å². The van der Waals surface area contributed by atoms with Gasteiger partial charge in [0.15, 0.2) is 0 Å². The van der Waals surface area contributed by atoms with Gasteiger partial charge >= 0.3 is 0 Å². The minimum atomic E-state index is -0.730. The molecule has 1 heterocycles. The van der Waals surface area contributed by atoms with Crippen molar-refractivity contribution in [1.82, 2.24) is 0 Å². The molecule has 3 aromatic carbocycles. The summed E-state index contributed by atoms with van der Waals surface area (Å²) in [4.78, 5) is 39.3. The molecule has 2 N–H and O–H groups in total. The molecular formula is C26H20Cl3N3O4. The number of para-hydroxylation sites is 2. The number of carbonyl (C=O) groups is 3. The molecule has 0 aromatic heterocycles. The van der Waals surface area contributed by atoms with E-state index in [0.29, 0.717) is 22.7 Å². The fourth-order valence-electron chi connectivity index (χ4n) is 3.47. The predicted octanol–water partition coefficient (Wildman–Crippen LogP) is 6.47. The van der Waals surface area contributed by atoms with Crippen molar-refractivity contribution in [2.24, 2.45) is 0 Å². The standard InChI is InChI=1S/C26H20Cl3N3O4/c1-14(2)36-20-9-4-3-7-18(20)31-24(33)15-10-12-16(13-11-15)30-23-22(29)25(34)32(26(23)35)19-8-5-6-17(27)21(19)28/h3-14,30H,1-2H3,(H,31,33). The van der Waals surface area contributed by atoms with E-state index < -0.39 is 11.8 Å². The van der Waals surface area contributed by atoms with Crippen LogP contribution < -0.4 is 20.3 Å². The number of imide groups is 1. The third-order valence-corrected chi connectivity index (χ3v) is 6.27. The Bertz CT molecular complexity index is 1390. The second-order valence-corrected chi connectivity index (χ2v) is 9.19. The van der Waals surface area contributed by atoms with E-state index in [1.807, 2.05) is 19.9 Å². The van der Waals surface area contributed by atoms with Crippen LogP contribution in [0.1, 0.15) is 24.2 Å². The number of hydrogen-bond donors (Lipinski definition) is 2. The highest BCUT2D eigenvalue weighted by atomic mass is 35.5. The lowest BCUT2D eigenvalue weighted by molar-refractivity contribution is -0.120. The molecule has 0 saturated heterocycles. The van der Waals surface area contributed by atoms with Crippen molar-refractivity contribution in [2.75, 3.05) is 15.5 Å². The molecule has 0 radical (unpaired) electrons. The van der Waals surface area contributed by atoms with E-state index in [4.69, 9.17) is 39.5 Å². The second-order valence-electron chi connectivity index (χ2n) is 8.03. The number of nitrogens with one attached hydrogen (secondary N) is 2. The van der Waals surface area contributed by atoms with Gasteiger partial charge in [0.25, 0.3) is 17.7 Å². The molecule has 0 spiro atoms. The van der Waals surface area contributed by atoms with Gasteiger partial charge in [-0.25, -0.2) is 4.90 Å². The average molecular weight is 545 g/mol. The molecule has 3 amide bonds. The molecule has 0 aliphatic carbocycles. The van der Waals surface area contributed by atoms with Crippen LogP contribution in [-0.2, 0) is 9.59 Å². The number of carbonyl (C=O) groups excluding carboxylic acids is 3. The molecule has 3 aromatic rings. The van der Waals surface area contributed by atoms with E-state index in [9.17, 15) is 14.4 Å². The van der Waals surface area contributed by atoms with Crippen LogP contribution in [0.3, 0.4) is 0 Å². The SMILES string of the molecule is CC(C)Oc1ccccc1NC(=O)c1ccc(NC2=C(Cl)C(=O)N(c3cccc(Cl)c3Cl)C2=O)cc1. The van der Waals surface area contributed by atoms with E-state index in [1.54, 1.807) is 54.6 Å². The zero-order valence-electron chi connectivity index (χ0n) is 19.1. The van der Waals surface area contributed by atoms with Crippen molar-refractivity contribution in [3.05, 3.63) is 93.1 Å². The fraction of sp³-hybridized carbons (Fsp3) is 0.115. The van der Waals surface area contributed by atoms with E-state index in [2.05, 4.69) is 10.6 Å². The van der Waals surface area contributed by atoms with Crippen molar-refractivity contribution >= 4 is 69.6 Å². The third-order valence-electron chi connectivity index (χ3n) is 5.11. The molecule has 0 unspecified atom stereocenters. The summed E-state index contributed by atoms with van der Waals surface area (Å²) >= 11 is 18.4. The van der Waals surface area contributed by atoms with Crippen LogP contribution >= 0.6 is 34.8 Å². The normalized spacial score (nSPS) is 13.4. The highest BCUT2D eigenvalue weighted by Crippen LogP contribution is 2.37. The van der Waals surface area contributed by atoms with Gasteiger partial charge in [0, 0.05) is 11.3 Å². The van der Waals surface area contributed by atoms with Gasteiger partial charge < -0.3 is 15.4 Å². The van der Waals surface area contributed by atoms with Crippen molar-refractivity contribution < 1.29 is 19.1 Å². The summed E-state index contributed by atoms with van der Waals surface area (Å²) in [5.41, 5.74) is 1.38. The highest BCUT2D eigenvalue weighted by Gasteiger charge is 2.40. The van der Waals surface area contributed by atoms with Gasteiger partial charge in [-0.15, -0.1) is 0 Å². The molecule has 36 heavy (non-hydrogen) atoms. The first kappa shape index (κ1) is 25.6. The van der Waals surface area contributed by atoms with Crippen LogP contribution in [0, 0.1) is 0 Å². The molecule has 10 heteroatoms. The smallest absolute Gasteiger partial charge is 0.283 e. The lowest BCUT2D eigenvalue weighted by Gasteiger charge is -2.17. The number of benzene rings is 3. The molecule has 1 aliphatic rings. The number of hydrogen-bond acceptors (Lipinski definition) is 5. The van der Waals surface area contributed by atoms with Crippen LogP contribution in [0.25, 0.3) is 0 Å². The lowest BCUT2D eigenvalue weighted by atomic mass is 10.1. The minimum absolute atomic E-state index is 0.0504. The molecule has 7 nitrogen and oxygen atoms in total. The second kappa shape index (κ2) is 10.6. The van der Waals surface area contributed by atoms with E-state index in [0.717, 1.165) is 4.90 Å². The van der Waals surface area contributed by atoms with Gasteiger partial charge in [-0.05, 0) is 62.4 Å². The maximum atomic E-state index is 13.0. The average Bonchev–Trinajstić information content (AvgIpc) is 3.05. The minimum Gasteiger partial charge on any atom is -0.489 e. The summed E-state index contributed by atoms with van der Waals surface area (Å²) in [6.45, 7) is 3.80. The molecular weight excluding hydrogens is 525 g/mol. The van der Waals surface area contributed by atoms with Crippen LogP contribution in [0.15, 0.2) is 77.5 Å². The number of amides is 3. The fourth-order valence-corrected chi connectivity index (χ4v) is 4.06. The summed E-state index contributed by atoms with van der Waals surface area (Å²) in [5.74, 6) is -1.19. The van der Waals surface area contributed by atoms with E-state index >= 15 is 0 Å². The van der Waals surface area contributed by atoms with Gasteiger partial charge in [-0.1, -0.05) is 53.0 Å². The largest absolute Gasteiger partial charge is 0.489 e. The summed E-state index contributed by atoms with van der Waals surface area (Å²) in [6, 6.07) is 18.1. The van der Waals surface area contributed by atoms with Gasteiger partial charge in [-0.3, -0.25) is 14.4 Å². The first-order valence-corrected chi connectivity index (χ1v) is 12.0. The lowest BCUT2D eigenvalue weighted by Crippen LogP contribution is -2.32. The molecule has 0 bridgehead atoms. The third kappa shape index (κ3) is 5.18. The molecule has 0 atom stereocenters. The Morgan fingerprint density at radius 3 is 2.28 bits per heavy atom. The van der Waals surface area contributed by atoms with Gasteiger partial charge in [-0.2, -0.15) is 0 Å².